The van der Waals surface area contributed by atoms with Crippen molar-refractivity contribution in [1.82, 2.24) is 8.96 Å². The second-order valence-electron chi connectivity index (χ2n) is 4.99. The van der Waals surface area contributed by atoms with Crippen molar-refractivity contribution in [3.8, 4) is 11.5 Å². The maximum absolute atomic E-state index is 13.1. The van der Waals surface area contributed by atoms with Crippen LogP contribution in [-0.2, 0) is 10.0 Å². The number of hydrogen-bond acceptors (Lipinski definition) is 6. The summed E-state index contributed by atoms with van der Waals surface area (Å²) in [7, 11) is -1.48. The summed E-state index contributed by atoms with van der Waals surface area (Å²) in [6.07, 6.45) is 0. The number of nitrogens with zero attached hydrogens (tertiary/aromatic N) is 1. The highest BCUT2D eigenvalue weighted by Gasteiger charge is 2.27. The molecule has 0 spiro atoms. The predicted octanol–water partition coefficient (Wildman–Crippen LogP) is 1.17. The number of H-pyrrole nitrogens is 1. The van der Waals surface area contributed by atoms with Crippen LogP contribution in [0.4, 0.5) is 5.69 Å². The molecule has 1 heterocycles. The summed E-state index contributed by atoms with van der Waals surface area (Å²) in [6.45, 7) is 0. The van der Waals surface area contributed by atoms with Crippen LogP contribution < -0.4 is 20.9 Å². The Morgan fingerprint density at radius 2 is 1.83 bits per heavy atom. The van der Waals surface area contributed by atoms with E-state index in [2.05, 4.69) is 4.98 Å². The molecule has 0 amide bonds. The van der Waals surface area contributed by atoms with Crippen LogP contribution in [0.3, 0.4) is 0 Å². The van der Waals surface area contributed by atoms with Gasteiger partial charge >= 0.3 is 5.69 Å². The highest BCUT2D eigenvalue weighted by Crippen LogP contribution is 2.30. The van der Waals surface area contributed by atoms with Gasteiger partial charge in [0.2, 0.25) is 0 Å². The second kappa shape index (κ2) is 5.60. The molecule has 8 nitrogen and oxygen atoms in total. The van der Waals surface area contributed by atoms with Gasteiger partial charge < -0.3 is 20.2 Å². The van der Waals surface area contributed by atoms with Crippen LogP contribution in [-0.4, -0.2) is 31.6 Å². The fraction of sp³-hybridized carbons (Fsp3) is 0.133. The number of nitrogens with one attached hydrogen (secondary N) is 1. The Balaban J connectivity index is 2.36. The number of fused-ring (bicyclic) bond motifs is 1. The van der Waals surface area contributed by atoms with Gasteiger partial charge in [0.1, 0.15) is 16.4 Å². The Labute approximate surface area is 137 Å². The van der Waals surface area contributed by atoms with Crippen molar-refractivity contribution in [3.63, 3.8) is 0 Å². The van der Waals surface area contributed by atoms with Crippen molar-refractivity contribution in [3.05, 3.63) is 46.9 Å². The number of benzene rings is 2. The van der Waals surface area contributed by atoms with Crippen LogP contribution in [0.25, 0.3) is 11.0 Å². The van der Waals surface area contributed by atoms with Crippen LogP contribution in [0.15, 0.2) is 46.1 Å². The summed E-state index contributed by atoms with van der Waals surface area (Å²) < 4.78 is 37.0. The van der Waals surface area contributed by atoms with Gasteiger partial charge in [0, 0.05) is 11.8 Å². The molecule has 0 aliphatic carbocycles. The third-order valence-corrected chi connectivity index (χ3v) is 5.27. The maximum atomic E-state index is 13.1. The van der Waals surface area contributed by atoms with E-state index in [4.69, 9.17) is 15.2 Å². The smallest absolute Gasteiger partial charge is 0.340 e. The van der Waals surface area contributed by atoms with Crippen LogP contribution >= 0.6 is 0 Å². The van der Waals surface area contributed by atoms with Gasteiger partial charge in [-0.05, 0) is 30.3 Å². The first-order valence-electron chi connectivity index (χ1n) is 6.86. The topological polar surface area (TPSA) is 116 Å². The molecule has 126 valence electrons. The van der Waals surface area contributed by atoms with Crippen molar-refractivity contribution in [2.45, 2.75) is 4.90 Å². The monoisotopic (exact) mass is 349 g/mol. The van der Waals surface area contributed by atoms with Gasteiger partial charge in [-0.2, -0.15) is 3.97 Å². The van der Waals surface area contributed by atoms with E-state index in [9.17, 15) is 13.2 Å². The Morgan fingerprint density at radius 1 is 1.08 bits per heavy atom. The van der Waals surface area contributed by atoms with Crippen LogP contribution in [0, 0.1) is 0 Å². The second-order valence-corrected chi connectivity index (χ2v) is 6.75. The van der Waals surface area contributed by atoms with Crippen molar-refractivity contribution < 1.29 is 17.9 Å². The lowest BCUT2D eigenvalue weighted by Crippen LogP contribution is -2.25. The van der Waals surface area contributed by atoms with E-state index in [1.54, 1.807) is 18.2 Å². The third kappa shape index (κ3) is 2.38. The molecule has 0 saturated carbocycles. The molecule has 0 unspecified atom stereocenters. The number of nitrogen functional groups attached to an aromatic ring is 1. The minimum Gasteiger partial charge on any atom is -0.497 e. The number of imidazole rings is 1. The van der Waals surface area contributed by atoms with Crippen molar-refractivity contribution in [2.24, 2.45) is 0 Å². The number of nitrogens with two attached hydrogens (primary N) is 1. The van der Waals surface area contributed by atoms with E-state index in [-0.39, 0.29) is 16.2 Å². The molecule has 0 fully saturated rings. The number of hydrogen-bond donors (Lipinski definition) is 2. The minimum atomic E-state index is -4.23. The zero-order valence-corrected chi connectivity index (χ0v) is 13.8. The predicted molar refractivity (Wildman–Crippen MR) is 89.1 cm³/mol. The van der Waals surface area contributed by atoms with E-state index in [0.717, 1.165) is 0 Å². The number of ether oxygens (including phenoxy) is 2. The van der Waals surface area contributed by atoms with E-state index in [1.165, 1.54) is 32.4 Å². The van der Waals surface area contributed by atoms with Crippen LogP contribution in [0.5, 0.6) is 11.5 Å². The summed E-state index contributed by atoms with van der Waals surface area (Å²) in [4.78, 5) is 14.6. The van der Waals surface area contributed by atoms with Gasteiger partial charge in [-0.3, -0.25) is 0 Å². The van der Waals surface area contributed by atoms with Crippen LogP contribution in [0.2, 0.25) is 0 Å². The maximum Gasteiger partial charge on any atom is 0.340 e. The zero-order chi connectivity index (χ0) is 17.5. The Morgan fingerprint density at radius 3 is 2.50 bits per heavy atom. The SMILES string of the molecule is COc1ccc(OC)c(S(=O)(=O)n2c(=O)[nH]c3ccc(N)cc32)c1. The van der Waals surface area contributed by atoms with Gasteiger partial charge in [0.05, 0.1) is 25.3 Å². The first kappa shape index (κ1) is 15.9. The van der Waals surface area contributed by atoms with Gasteiger partial charge in [-0.1, -0.05) is 0 Å². The Bertz CT molecular complexity index is 1080. The molecular formula is C15H15N3O5S. The summed E-state index contributed by atoms with van der Waals surface area (Å²) in [5, 5.41) is 0. The zero-order valence-electron chi connectivity index (χ0n) is 12.9. The average molecular weight is 349 g/mol. The molecule has 24 heavy (non-hydrogen) atoms. The van der Waals surface area contributed by atoms with E-state index >= 15 is 0 Å². The van der Waals surface area contributed by atoms with E-state index in [0.29, 0.717) is 20.9 Å². The molecule has 1 aromatic heterocycles. The molecule has 0 atom stereocenters. The number of methoxy groups -OCH3 is 2. The van der Waals surface area contributed by atoms with Gasteiger partial charge in [0.25, 0.3) is 10.0 Å². The molecule has 3 rings (SSSR count). The average Bonchev–Trinajstić information content (AvgIpc) is 2.89. The quantitative estimate of drug-likeness (QED) is 0.683. The van der Waals surface area contributed by atoms with Crippen molar-refractivity contribution in [1.29, 1.82) is 0 Å². The molecule has 9 heteroatoms. The van der Waals surface area contributed by atoms with Crippen LogP contribution in [0.1, 0.15) is 0 Å². The molecule has 3 aromatic rings. The molecule has 2 aromatic carbocycles. The van der Waals surface area contributed by atoms with E-state index < -0.39 is 15.7 Å². The van der Waals surface area contributed by atoms with Gasteiger partial charge in [-0.15, -0.1) is 0 Å². The summed E-state index contributed by atoms with van der Waals surface area (Å²) >= 11 is 0. The lowest BCUT2D eigenvalue weighted by molar-refractivity contribution is 0.392. The number of aromatic nitrogens is 2. The number of anilines is 1. The summed E-state index contributed by atoms with van der Waals surface area (Å²) in [6, 6.07) is 8.85. The van der Waals surface area contributed by atoms with E-state index in [1.807, 2.05) is 0 Å². The molecule has 0 aliphatic rings. The largest absolute Gasteiger partial charge is 0.497 e. The molecule has 0 saturated heterocycles. The minimum absolute atomic E-state index is 0.0981. The Hall–Kier alpha value is -2.94. The molecular weight excluding hydrogens is 334 g/mol. The van der Waals surface area contributed by atoms with Gasteiger partial charge in [-0.25, -0.2) is 13.2 Å². The molecule has 0 bridgehead atoms. The lowest BCUT2D eigenvalue weighted by Gasteiger charge is -2.12. The fourth-order valence-corrected chi connectivity index (χ4v) is 3.96. The highest BCUT2D eigenvalue weighted by atomic mass is 32.2. The third-order valence-electron chi connectivity index (χ3n) is 3.56. The fourth-order valence-electron chi connectivity index (χ4n) is 2.42. The van der Waals surface area contributed by atoms with Crippen molar-refractivity contribution in [2.75, 3.05) is 20.0 Å². The molecule has 0 aliphatic heterocycles. The first-order valence-corrected chi connectivity index (χ1v) is 8.30. The van der Waals surface area contributed by atoms with Gasteiger partial charge in [0.15, 0.2) is 0 Å². The summed E-state index contributed by atoms with van der Waals surface area (Å²) in [5.41, 5.74) is 5.78. The van der Waals surface area contributed by atoms with Crippen molar-refractivity contribution >= 4 is 26.7 Å². The first-order chi connectivity index (χ1) is 11.4. The number of rotatable bonds is 4. The normalized spacial score (nSPS) is 11.6. The number of aromatic amines is 1. The molecule has 0 radical (unpaired) electrons. The molecule has 3 N–H and O–H groups in total. The highest BCUT2D eigenvalue weighted by molar-refractivity contribution is 7.90. The lowest BCUT2D eigenvalue weighted by atomic mass is 10.3. The Kier molecular flexibility index (Phi) is 3.72. The summed E-state index contributed by atoms with van der Waals surface area (Å²) in [5.74, 6) is 0.419. The standard InChI is InChI=1S/C15H15N3O5S/c1-22-10-4-6-13(23-2)14(8-10)24(20,21)18-12-7-9(16)3-5-11(12)17-15(18)19/h3-8H,16H2,1-2H3,(H,17,19).